The number of rotatable bonds is 6. The molecule has 1 aliphatic rings. The number of hydrogen-bond acceptors (Lipinski definition) is 4. The van der Waals surface area contributed by atoms with Crippen LogP contribution in [0.5, 0.6) is 5.75 Å². The van der Waals surface area contributed by atoms with Crippen LogP contribution in [-0.4, -0.2) is 31.0 Å². The van der Waals surface area contributed by atoms with E-state index in [0.29, 0.717) is 0 Å². The summed E-state index contributed by atoms with van der Waals surface area (Å²) >= 11 is 0. The Morgan fingerprint density at radius 2 is 1.97 bits per heavy atom. The van der Waals surface area contributed by atoms with E-state index in [0.717, 1.165) is 60.8 Å². The van der Waals surface area contributed by atoms with E-state index in [1.54, 1.807) is 13.4 Å². The fourth-order valence-corrected chi connectivity index (χ4v) is 3.89. The summed E-state index contributed by atoms with van der Waals surface area (Å²) in [5.74, 6) is 1.81. The molecule has 1 atom stereocenters. The molecule has 0 radical (unpaired) electrons. The Kier molecular flexibility index (Phi) is 5.96. The second kappa shape index (κ2) is 8.97. The summed E-state index contributed by atoms with van der Waals surface area (Å²) in [5, 5.41) is 3.17. The molecule has 2 heterocycles. The number of nitrogens with zero attached hydrogens (tertiary/aromatic N) is 1. The molecule has 0 aliphatic carbocycles. The number of carbonyl (C=O) groups excluding carboxylic acids is 1. The van der Waals surface area contributed by atoms with Crippen LogP contribution < -0.4 is 10.1 Å². The zero-order chi connectivity index (χ0) is 20.1. The predicted octanol–water partition coefficient (Wildman–Crippen LogP) is 4.81. The van der Waals surface area contributed by atoms with Gasteiger partial charge in [0.15, 0.2) is 0 Å². The van der Waals surface area contributed by atoms with Crippen LogP contribution >= 0.6 is 0 Å². The molecule has 2 aromatic carbocycles. The molecule has 5 nitrogen and oxygen atoms in total. The molecule has 3 aromatic rings. The third kappa shape index (κ3) is 4.69. The first-order valence-corrected chi connectivity index (χ1v) is 10.0. The van der Waals surface area contributed by atoms with Gasteiger partial charge in [-0.15, -0.1) is 0 Å². The fraction of sp³-hybridized carbons (Fsp3) is 0.292. The minimum Gasteiger partial charge on any atom is -0.497 e. The largest absolute Gasteiger partial charge is 0.497 e. The maximum absolute atomic E-state index is 13.0. The molecule has 4 rings (SSSR count). The van der Waals surface area contributed by atoms with E-state index in [9.17, 15) is 4.79 Å². The van der Waals surface area contributed by atoms with Crippen molar-refractivity contribution in [2.24, 2.45) is 5.92 Å². The zero-order valence-corrected chi connectivity index (χ0v) is 16.6. The van der Waals surface area contributed by atoms with E-state index in [-0.39, 0.29) is 11.8 Å². The lowest BCUT2D eigenvalue weighted by Gasteiger charge is -2.31. The zero-order valence-electron chi connectivity index (χ0n) is 16.6. The van der Waals surface area contributed by atoms with Crippen LogP contribution in [0.25, 0.3) is 11.1 Å². The van der Waals surface area contributed by atoms with E-state index < -0.39 is 0 Å². The van der Waals surface area contributed by atoms with Crippen LogP contribution in [0, 0.1) is 5.92 Å². The van der Waals surface area contributed by atoms with Gasteiger partial charge in [-0.2, -0.15) is 0 Å². The van der Waals surface area contributed by atoms with Crippen LogP contribution in [0.1, 0.15) is 18.6 Å². The number of nitrogens with one attached hydrogen (secondary N) is 1. The van der Waals surface area contributed by atoms with Crippen LogP contribution in [0.15, 0.2) is 71.3 Å². The Morgan fingerprint density at radius 1 is 1.14 bits per heavy atom. The van der Waals surface area contributed by atoms with Crippen molar-refractivity contribution < 1.29 is 13.9 Å². The van der Waals surface area contributed by atoms with E-state index in [2.05, 4.69) is 10.2 Å². The van der Waals surface area contributed by atoms with E-state index >= 15 is 0 Å². The minimum atomic E-state index is -0.0253. The van der Waals surface area contributed by atoms with Gasteiger partial charge in [-0.05, 0) is 55.3 Å². The highest BCUT2D eigenvalue weighted by Crippen LogP contribution is 2.30. The highest BCUT2D eigenvalue weighted by molar-refractivity contribution is 5.97. The molecule has 1 aliphatic heterocycles. The smallest absolute Gasteiger partial charge is 0.228 e. The highest BCUT2D eigenvalue weighted by atomic mass is 16.5. The van der Waals surface area contributed by atoms with Gasteiger partial charge in [-0.1, -0.05) is 30.3 Å². The topological polar surface area (TPSA) is 54.7 Å². The molecule has 1 aromatic heterocycles. The second-order valence-corrected chi connectivity index (χ2v) is 7.42. The number of likely N-dealkylation sites (tertiary alicyclic amines) is 1. The van der Waals surface area contributed by atoms with Gasteiger partial charge in [-0.25, -0.2) is 0 Å². The molecule has 1 N–H and O–H groups in total. The Bertz CT molecular complexity index is 935. The standard InChI is InChI=1S/C24H26N2O3/c1-28-20-12-10-18(11-13-20)22-8-2-3-9-23(22)25-24(27)19-6-4-14-26(16-19)17-21-7-5-15-29-21/h2-3,5,7-13,15,19H,4,6,14,16-17H2,1H3,(H,25,27)/t19-/m0/s1. The van der Waals surface area contributed by atoms with Crippen LogP contribution in [-0.2, 0) is 11.3 Å². The summed E-state index contributed by atoms with van der Waals surface area (Å²) in [6, 6.07) is 19.7. The molecule has 0 spiro atoms. The number of amides is 1. The number of piperidine rings is 1. The average molecular weight is 390 g/mol. The minimum absolute atomic E-state index is 0.0253. The maximum atomic E-state index is 13.0. The number of furan rings is 1. The molecule has 0 bridgehead atoms. The summed E-state index contributed by atoms with van der Waals surface area (Å²) in [7, 11) is 1.66. The van der Waals surface area contributed by atoms with E-state index in [1.807, 2.05) is 60.7 Å². The summed E-state index contributed by atoms with van der Waals surface area (Å²) < 4.78 is 10.7. The number of methoxy groups -OCH3 is 1. The van der Waals surface area contributed by atoms with Crippen LogP contribution in [0.2, 0.25) is 0 Å². The molecule has 150 valence electrons. The first-order chi connectivity index (χ1) is 14.2. The highest BCUT2D eigenvalue weighted by Gasteiger charge is 2.26. The summed E-state index contributed by atoms with van der Waals surface area (Å²) in [6.07, 6.45) is 3.61. The summed E-state index contributed by atoms with van der Waals surface area (Å²) in [5.41, 5.74) is 2.89. The number of hydrogen-bond donors (Lipinski definition) is 1. The first-order valence-electron chi connectivity index (χ1n) is 10.0. The van der Waals surface area contributed by atoms with Gasteiger partial charge in [0, 0.05) is 17.8 Å². The van der Waals surface area contributed by atoms with Crippen molar-refractivity contribution in [3.8, 4) is 16.9 Å². The van der Waals surface area contributed by atoms with Crippen molar-refractivity contribution in [1.82, 2.24) is 4.90 Å². The molecular weight excluding hydrogens is 364 g/mol. The maximum Gasteiger partial charge on any atom is 0.228 e. The number of ether oxygens (including phenoxy) is 1. The van der Waals surface area contributed by atoms with Gasteiger partial charge in [0.25, 0.3) is 0 Å². The molecule has 1 fully saturated rings. The molecule has 29 heavy (non-hydrogen) atoms. The number of benzene rings is 2. The SMILES string of the molecule is COc1ccc(-c2ccccc2NC(=O)[C@H]2CCCN(Cc3ccco3)C2)cc1. The second-order valence-electron chi connectivity index (χ2n) is 7.42. The van der Waals surface area contributed by atoms with Crippen molar-refractivity contribution in [2.75, 3.05) is 25.5 Å². The van der Waals surface area contributed by atoms with Crippen LogP contribution in [0.4, 0.5) is 5.69 Å². The van der Waals surface area contributed by atoms with Crippen LogP contribution in [0.3, 0.4) is 0 Å². The average Bonchev–Trinajstić information content (AvgIpc) is 3.27. The summed E-state index contributed by atoms with van der Waals surface area (Å²) in [6.45, 7) is 2.49. The monoisotopic (exact) mass is 390 g/mol. The Hall–Kier alpha value is -3.05. The summed E-state index contributed by atoms with van der Waals surface area (Å²) in [4.78, 5) is 15.3. The third-order valence-electron chi connectivity index (χ3n) is 5.42. The van der Waals surface area contributed by atoms with Gasteiger partial charge in [-0.3, -0.25) is 9.69 Å². The van der Waals surface area contributed by atoms with Crippen molar-refractivity contribution in [3.63, 3.8) is 0 Å². The van der Waals surface area contributed by atoms with E-state index in [4.69, 9.17) is 9.15 Å². The van der Waals surface area contributed by atoms with Crippen molar-refractivity contribution >= 4 is 11.6 Å². The Morgan fingerprint density at radius 3 is 2.72 bits per heavy atom. The molecule has 1 saturated heterocycles. The van der Waals surface area contributed by atoms with Crippen molar-refractivity contribution in [2.45, 2.75) is 19.4 Å². The molecule has 0 saturated carbocycles. The van der Waals surface area contributed by atoms with E-state index in [1.165, 1.54) is 0 Å². The lowest BCUT2D eigenvalue weighted by molar-refractivity contribution is -0.121. The molecule has 0 unspecified atom stereocenters. The lowest BCUT2D eigenvalue weighted by atomic mass is 9.96. The molecule has 1 amide bonds. The quantitative estimate of drug-likeness (QED) is 0.656. The van der Waals surface area contributed by atoms with Gasteiger partial charge in [0.1, 0.15) is 11.5 Å². The fourth-order valence-electron chi connectivity index (χ4n) is 3.89. The van der Waals surface area contributed by atoms with Gasteiger partial charge in [0.2, 0.25) is 5.91 Å². The van der Waals surface area contributed by atoms with Crippen molar-refractivity contribution in [1.29, 1.82) is 0 Å². The first kappa shape index (κ1) is 19.3. The third-order valence-corrected chi connectivity index (χ3v) is 5.42. The number of para-hydroxylation sites is 1. The number of anilines is 1. The van der Waals surface area contributed by atoms with Gasteiger partial charge in [0.05, 0.1) is 25.8 Å². The normalized spacial score (nSPS) is 17.1. The van der Waals surface area contributed by atoms with Gasteiger partial charge < -0.3 is 14.5 Å². The Balaban J connectivity index is 1.45. The predicted molar refractivity (Wildman–Crippen MR) is 114 cm³/mol. The van der Waals surface area contributed by atoms with Crippen molar-refractivity contribution in [3.05, 3.63) is 72.7 Å². The molecular formula is C24H26N2O3. The lowest BCUT2D eigenvalue weighted by Crippen LogP contribution is -2.40. The molecule has 5 heteroatoms. The van der Waals surface area contributed by atoms with Gasteiger partial charge >= 0.3 is 0 Å². The Labute approximate surface area is 171 Å². The number of carbonyl (C=O) groups is 1.